The van der Waals surface area contributed by atoms with Crippen LogP contribution in [0.2, 0.25) is 0 Å². The molecule has 1 aromatic heterocycles. The summed E-state index contributed by atoms with van der Waals surface area (Å²) in [5.41, 5.74) is 1.50. The van der Waals surface area contributed by atoms with E-state index >= 15 is 0 Å². The predicted octanol–water partition coefficient (Wildman–Crippen LogP) is 2.21. The van der Waals surface area contributed by atoms with Gasteiger partial charge in [-0.05, 0) is 31.9 Å². The van der Waals surface area contributed by atoms with Crippen LogP contribution in [-0.2, 0) is 9.84 Å². The van der Waals surface area contributed by atoms with Gasteiger partial charge >= 0.3 is 6.03 Å². The van der Waals surface area contributed by atoms with E-state index < -0.39 is 9.84 Å². The fourth-order valence-electron chi connectivity index (χ4n) is 2.62. The Morgan fingerprint density at radius 2 is 2.27 bits per heavy atom. The van der Waals surface area contributed by atoms with Crippen LogP contribution in [0, 0.1) is 6.92 Å². The van der Waals surface area contributed by atoms with Gasteiger partial charge in [0.2, 0.25) is 0 Å². The first-order valence-electron chi connectivity index (χ1n) is 7.62. The lowest BCUT2D eigenvalue weighted by Gasteiger charge is -2.28. The molecule has 1 N–H and O–H groups in total. The standard InChI is InChI=1S/C15H23N3O3S/c1-3-4-8-18(14-6-9-22(20,21)11-14)15(19)17-13-5-7-16-12(2)10-13/h5,7,10,14H,3-4,6,8-9,11H2,1-2H3,(H,16,17,19). The largest absolute Gasteiger partial charge is 0.322 e. The molecule has 1 saturated heterocycles. The number of rotatable bonds is 5. The summed E-state index contributed by atoms with van der Waals surface area (Å²) < 4.78 is 23.4. The van der Waals surface area contributed by atoms with Crippen molar-refractivity contribution in [3.05, 3.63) is 24.0 Å². The number of unbranched alkanes of at least 4 members (excludes halogenated alkanes) is 1. The topological polar surface area (TPSA) is 79.4 Å². The summed E-state index contributed by atoms with van der Waals surface area (Å²) >= 11 is 0. The average molecular weight is 325 g/mol. The van der Waals surface area contributed by atoms with E-state index in [-0.39, 0.29) is 23.6 Å². The Bertz CT molecular complexity index is 631. The summed E-state index contributed by atoms with van der Waals surface area (Å²) in [5, 5.41) is 2.85. The first kappa shape index (κ1) is 16.7. The van der Waals surface area contributed by atoms with Gasteiger partial charge in [-0.3, -0.25) is 4.98 Å². The van der Waals surface area contributed by atoms with E-state index in [0.717, 1.165) is 18.5 Å². The molecule has 2 heterocycles. The van der Waals surface area contributed by atoms with Gasteiger partial charge in [-0.15, -0.1) is 0 Å². The van der Waals surface area contributed by atoms with Crippen LogP contribution in [0.25, 0.3) is 0 Å². The molecule has 1 aliphatic rings. The Labute approximate surface area is 131 Å². The monoisotopic (exact) mass is 325 g/mol. The number of carbonyl (C=O) groups excluding carboxylic acids is 1. The van der Waals surface area contributed by atoms with Gasteiger partial charge in [0.25, 0.3) is 0 Å². The lowest BCUT2D eigenvalue weighted by molar-refractivity contribution is 0.192. The minimum absolute atomic E-state index is 0.0690. The molecule has 7 heteroatoms. The van der Waals surface area contributed by atoms with Crippen molar-refractivity contribution in [2.75, 3.05) is 23.4 Å². The molecule has 6 nitrogen and oxygen atoms in total. The Kier molecular flexibility index (Phi) is 5.39. The summed E-state index contributed by atoms with van der Waals surface area (Å²) in [4.78, 5) is 18.3. The number of sulfone groups is 1. The van der Waals surface area contributed by atoms with Crippen LogP contribution in [0.15, 0.2) is 18.3 Å². The molecule has 122 valence electrons. The zero-order valence-corrected chi connectivity index (χ0v) is 13.9. The van der Waals surface area contributed by atoms with Crippen molar-refractivity contribution in [2.24, 2.45) is 0 Å². The van der Waals surface area contributed by atoms with E-state index in [9.17, 15) is 13.2 Å². The third kappa shape index (κ3) is 4.43. The first-order chi connectivity index (χ1) is 10.4. The highest BCUT2D eigenvalue weighted by Crippen LogP contribution is 2.20. The molecule has 0 radical (unpaired) electrons. The summed E-state index contributed by atoms with van der Waals surface area (Å²) in [5.74, 6) is 0.238. The molecule has 0 aliphatic carbocycles. The maximum absolute atomic E-state index is 12.5. The van der Waals surface area contributed by atoms with Crippen molar-refractivity contribution >= 4 is 21.6 Å². The van der Waals surface area contributed by atoms with Gasteiger partial charge in [-0.2, -0.15) is 0 Å². The third-order valence-corrected chi connectivity index (χ3v) is 5.56. The number of aromatic nitrogens is 1. The molecule has 1 aromatic rings. The van der Waals surface area contributed by atoms with Crippen LogP contribution >= 0.6 is 0 Å². The molecule has 2 rings (SSSR count). The van der Waals surface area contributed by atoms with Crippen LogP contribution in [0.4, 0.5) is 10.5 Å². The van der Waals surface area contributed by atoms with Gasteiger partial charge in [0.05, 0.1) is 11.5 Å². The van der Waals surface area contributed by atoms with Crippen molar-refractivity contribution in [1.82, 2.24) is 9.88 Å². The highest BCUT2D eigenvalue weighted by Gasteiger charge is 2.34. The number of hydrogen-bond acceptors (Lipinski definition) is 4. The van der Waals surface area contributed by atoms with E-state index in [1.807, 2.05) is 13.8 Å². The smallest absolute Gasteiger partial charge is 0.320 e. The molecule has 0 bridgehead atoms. The SMILES string of the molecule is CCCCN(C(=O)Nc1ccnc(C)c1)C1CCS(=O)(=O)C1. The molecular formula is C15H23N3O3S. The molecule has 1 aliphatic heterocycles. The Balaban J connectivity index is 2.09. The molecule has 22 heavy (non-hydrogen) atoms. The molecule has 1 fully saturated rings. The van der Waals surface area contributed by atoms with Gasteiger partial charge in [0.1, 0.15) is 0 Å². The number of hydrogen-bond donors (Lipinski definition) is 1. The number of carbonyl (C=O) groups is 1. The highest BCUT2D eigenvalue weighted by atomic mass is 32.2. The molecular weight excluding hydrogens is 302 g/mol. The Morgan fingerprint density at radius 1 is 1.50 bits per heavy atom. The predicted molar refractivity (Wildman–Crippen MR) is 86.7 cm³/mol. The van der Waals surface area contributed by atoms with Gasteiger partial charge < -0.3 is 10.2 Å². The molecule has 0 saturated carbocycles. The molecule has 1 atom stereocenters. The lowest BCUT2D eigenvalue weighted by atomic mass is 10.2. The number of nitrogens with zero attached hydrogens (tertiary/aromatic N) is 2. The second kappa shape index (κ2) is 7.09. The lowest BCUT2D eigenvalue weighted by Crippen LogP contribution is -2.44. The number of nitrogens with one attached hydrogen (secondary N) is 1. The van der Waals surface area contributed by atoms with E-state index in [0.29, 0.717) is 18.7 Å². The Morgan fingerprint density at radius 3 is 2.86 bits per heavy atom. The fourth-order valence-corrected chi connectivity index (χ4v) is 4.35. The zero-order chi connectivity index (χ0) is 16.2. The van der Waals surface area contributed by atoms with E-state index in [1.54, 1.807) is 23.2 Å². The quantitative estimate of drug-likeness (QED) is 0.900. The summed E-state index contributed by atoms with van der Waals surface area (Å²) in [7, 11) is -3.01. The second-order valence-electron chi connectivity index (χ2n) is 5.72. The molecule has 2 amide bonds. The molecule has 1 unspecified atom stereocenters. The summed E-state index contributed by atoms with van der Waals surface area (Å²) in [6.07, 6.45) is 3.98. The molecule has 0 aromatic carbocycles. The van der Waals surface area contributed by atoms with Crippen molar-refractivity contribution in [2.45, 2.75) is 39.2 Å². The minimum Gasteiger partial charge on any atom is -0.320 e. The van der Waals surface area contributed by atoms with Crippen LogP contribution in [0.1, 0.15) is 31.9 Å². The summed E-state index contributed by atoms with van der Waals surface area (Å²) in [6, 6.07) is 3.07. The van der Waals surface area contributed by atoms with Gasteiger partial charge in [-0.25, -0.2) is 13.2 Å². The van der Waals surface area contributed by atoms with Crippen molar-refractivity contribution in [3.63, 3.8) is 0 Å². The highest BCUT2D eigenvalue weighted by molar-refractivity contribution is 7.91. The fraction of sp³-hybridized carbons (Fsp3) is 0.600. The zero-order valence-electron chi connectivity index (χ0n) is 13.1. The van der Waals surface area contributed by atoms with E-state index in [1.165, 1.54) is 0 Å². The van der Waals surface area contributed by atoms with Gasteiger partial charge in [0.15, 0.2) is 9.84 Å². The van der Waals surface area contributed by atoms with E-state index in [4.69, 9.17) is 0 Å². The first-order valence-corrected chi connectivity index (χ1v) is 9.44. The van der Waals surface area contributed by atoms with Gasteiger partial charge in [-0.1, -0.05) is 13.3 Å². The van der Waals surface area contributed by atoms with Crippen LogP contribution in [-0.4, -0.2) is 48.4 Å². The number of aryl methyl sites for hydroxylation is 1. The van der Waals surface area contributed by atoms with Crippen molar-refractivity contribution in [1.29, 1.82) is 0 Å². The van der Waals surface area contributed by atoms with Crippen LogP contribution < -0.4 is 5.32 Å². The van der Waals surface area contributed by atoms with Crippen LogP contribution in [0.3, 0.4) is 0 Å². The normalized spacial score (nSPS) is 19.8. The Hall–Kier alpha value is -1.63. The van der Waals surface area contributed by atoms with Crippen molar-refractivity contribution in [3.8, 4) is 0 Å². The molecule has 0 spiro atoms. The third-order valence-electron chi connectivity index (χ3n) is 3.81. The summed E-state index contributed by atoms with van der Waals surface area (Å²) in [6.45, 7) is 4.48. The number of anilines is 1. The van der Waals surface area contributed by atoms with Crippen molar-refractivity contribution < 1.29 is 13.2 Å². The number of urea groups is 1. The van der Waals surface area contributed by atoms with E-state index in [2.05, 4.69) is 10.3 Å². The average Bonchev–Trinajstić information content (AvgIpc) is 2.79. The maximum Gasteiger partial charge on any atom is 0.322 e. The maximum atomic E-state index is 12.5. The number of amides is 2. The minimum atomic E-state index is -3.01. The second-order valence-corrected chi connectivity index (χ2v) is 7.95. The van der Waals surface area contributed by atoms with Gasteiger partial charge in [0, 0.05) is 30.2 Å². The van der Waals surface area contributed by atoms with Crippen LogP contribution in [0.5, 0.6) is 0 Å². The number of pyridine rings is 1.